The number of nitrogens with one attached hydrogen (secondary N) is 2. The van der Waals surface area contributed by atoms with Gasteiger partial charge in [0.1, 0.15) is 0 Å². The summed E-state index contributed by atoms with van der Waals surface area (Å²) in [7, 11) is 4.04. The van der Waals surface area contributed by atoms with Gasteiger partial charge in [-0.1, -0.05) is 23.7 Å². The molecule has 0 bridgehead atoms. The van der Waals surface area contributed by atoms with Crippen LogP contribution >= 0.6 is 11.6 Å². The standard InChI is InChI=1S/C20H32ClN5/c1-16(26-11-9-25(3)10-12-26)14-23-19(22-2)24-15-20(7-8-20)17-5-4-6-18(21)13-17/h4-6,13,16H,7-12,14-15H2,1-3H3,(H2,22,23,24). The smallest absolute Gasteiger partial charge is 0.191 e. The average Bonchev–Trinajstić information content (AvgIpc) is 3.43. The number of likely N-dealkylation sites (N-methyl/N-ethyl adjacent to an activating group) is 1. The van der Waals surface area contributed by atoms with Gasteiger partial charge in [0.2, 0.25) is 0 Å². The second-order valence-corrected chi connectivity index (χ2v) is 8.22. The van der Waals surface area contributed by atoms with Crippen LogP contribution < -0.4 is 10.6 Å². The highest BCUT2D eigenvalue weighted by Crippen LogP contribution is 2.48. The lowest BCUT2D eigenvalue weighted by Gasteiger charge is -2.36. The van der Waals surface area contributed by atoms with E-state index in [-0.39, 0.29) is 5.41 Å². The first-order chi connectivity index (χ1) is 12.5. The first-order valence-corrected chi connectivity index (χ1v) is 10.0. The molecule has 0 radical (unpaired) electrons. The number of halogens is 1. The molecule has 1 aromatic carbocycles. The zero-order chi connectivity index (χ0) is 18.6. The molecule has 2 fully saturated rings. The Bertz CT molecular complexity index is 620. The maximum Gasteiger partial charge on any atom is 0.191 e. The molecule has 1 aliphatic heterocycles. The van der Waals surface area contributed by atoms with E-state index in [9.17, 15) is 0 Å². The van der Waals surface area contributed by atoms with Gasteiger partial charge in [-0.3, -0.25) is 9.89 Å². The number of rotatable bonds is 6. The van der Waals surface area contributed by atoms with Crippen molar-refractivity contribution in [2.24, 2.45) is 4.99 Å². The molecule has 1 atom stereocenters. The van der Waals surface area contributed by atoms with Crippen LogP contribution in [0.3, 0.4) is 0 Å². The predicted octanol–water partition coefficient (Wildman–Crippen LogP) is 2.17. The molecule has 1 aliphatic carbocycles. The molecule has 0 spiro atoms. The van der Waals surface area contributed by atoms with E-state index in [1.807, 2.05) is 19.2 Å². The van der Waals surface area contributed by atoms with E-state index in [1.165, 1.54) is 18.4 Å². The Kier molecular flexibility index (Phi) is 6.43. The minimum absolute atomic E-state index is 0.214. The Labute approximate surface area is 162 Å². The van der Waals surface area contributed by atoms with E-state index in [2.05, 4.69) is 51.5 Å². The van der Waals surface area contributed by atoms with Crippen LogP contribution in [0.2, 0.25) is 5.02 Å². The molecular formula is C20H32ClN5. The fraction of sp³-hybridized carbons (Fsp3) is 0.650. The Hall–Kier alpha value is -1.30. The van der Waals surface area contributed by atoms with Crippen molar-refractivity contribution >= 4 is 17.6 Å². The lowest BCUT2D eigenvalue weighted by molar-refractivity contribution is 0.120. The lowest BCUT2D eigenvalue weighted by Crippen LogP contribution is -2.52. The minimum Gasteiger partial charge on any atom is -0.356 e. The summed E-state index contributed by atoms with van der Waals surface area (Å²) in [6.45, 7) is 8.69. The molecular weight excluding hydrogens is 346 g/mol. The van der Waals surface area contributed by atoms with E-state index < -0.39 is 0 Å². The third-order valence-electron chi connectivity index (χ3n) is 5.83. The average molecular weight is 378 g/mol. The van der Waals surface area contributed by atoms with Crippen LogP contribution in [0.4, 0.5) is 0 Å². The van der Waals surface area contributed by atoms with Gasteiger partial charge < -0.3 is 15.5 Å². The molecule has 3 rings (SSSR count). The third-order valence-corrected chi connectivity index (χ3v) is 6.07. The second kappa shape index (κ2) is 8.59. The molecule has 6 heteroatoms. The van der Waals surface area contributed by atoms with Crippen LogP contribution in [0.1, 0.15) is 25.3 Å². The van der Waals surface area contributed by atoms with Gasteiger partial charge in [0.05, 0.1) is 0 Å². The topological polar surface area (TPSA) is 42.9 Å². The van der Waals surface area contributed by atoms with Gasteiger partial charge in [0, 0.05) is 62.8 Å². The van der Waals surface area contributed by atoms with Crippen molar-refractivity contribution in [3.05, 3.63) is 34.9 Å². The summed E-state index contributed by atoms with van der Waals surface area (Å²) in [4.78, 5) is 9.34. The zero-order valence-electron chi connectivity index (χ0n) is 16.3. The first kappa shape index (κ1) is 19.5. The summed E-state index contributed by atoms with van der Waals surface area (Å²) >= 11 is 6.17. The summed E-state index contributed by atoms with van der Waals surface area (Å²) < 4.78 is 0. The maximum absolute atomic E-state index is 6.17. The third kappa shape index (κ3) is 4.90. The Morgan fingerprint density at radius 3 is 2.58 bits per heavy atom. The van der Waals surface area contributed by atoms with Crippen molar-refractivity contribution in [1.82, 2.24) is 20.4 Å². The summed E-state index contributed by atoms with van der Waals surface area (Å²) in [6.07, 6.45) is 2.41. The fourth-order valence-electron chi connectivity index (χ4n) is 3.65. The van der Waals surface area contributed by atoms with Crippen LogP contribution in [0.5, 0.6) is 0 Å². The Morgan fingerprint density at radius 1 is 1.23 bits per heavy atom. The van der Waals surface area contributed by atoms with Crippen LogP contribution in [-0.4, -0.2) is 75.2 Å². The van der Waals surface area contributed by atoms with E-state index in [0.29, 0.717) is 6.04 Å². The largest absolute Gasteiger partial charge is 0.356 e. The van der Waals surface area contributed by atoms with Gasteiger partial charge in [-0.05, 0) is 44.5 Å². The normalized spacial score (nSPS) is 22.1. The van der Waals surface area contributed by atoms with Crippen LogP contribution in [0.25, 0.3) is 0 Å². The molecule has 1 aromatic rings. The van der Waals surface area contributed by atoms with E-state index in [4.69, 9.17) is 11.6 Å². The molecule has 1 saturated carbocycles. The molecule has 2 aliphatic rings. The quantitative estimate of drug-likeness (QED) is 0.589. The fourth-order valence-corrected chi connectivity index (χ4v) is 3.84. The number of benzene rings is 1. The highest BCUT2D eigenvalue weighted by atomic mass is 35.5. The van der Waals surface area contributed by atoms with Gasteiger partial charge in [0.15, 0.2) is 5.96 Å². The van der Waals surface area contributed by atoms with Crippen molar-refractivity contribution in [3.8, 4) is 0 Å². The number of aliphatic imine (C=N–C) groups is 1. The summed E-state index contributed by atoms with van der Waals surface area (Å²) in [5.74, 6) is 0.888. The number of hydrogen-bond acceptors (Lipinski definition) is 3. The monoisotopic (exact) mass is 377 g/mol. The lowest BCUT2D eigenvalue weighted by atomic mass is 9.96. The van der Waals surface area contributed by atoms with Crippen molar-refractivity contribution in [2.45, 2.75) is 31.2 Å². The summed E-state index contributed by atoms with van der Waals surface area (Å²) in [6, 6.07) is 8.77. The summed E-state index contributed by atoms with van der Waals surface area (Å²) in [5, 5.41) is 7.84. The zero-order valence-corrected chi connectivity index (χ0v) is 17.0. The van der Waals surface area contributed by atoms with Crippen molar-refractivity contribution in [2.75, 3.05) is 53.4 Å². The van der Waals surface area contributed by atoms with E-state index in [1.54, 1.807) is 0 Å². The van der Waals surface area contributed by atoms with Crippen molar-refractivity contribution < 1.29 is 0 Å². The van der Waals surface area contributed by atoms with Crippen molar-refractivity contribution in [1.29, 1.82) is 0 Å². The van der Waals surface area contributed by atoms with Gasteiger partial charge in [-0.2, -0.15) is 0 Å². The molecule has 26 heavy (non-hydrogen) atoms. The molecule has 1 heterocycles. The predicted molar refractivity (Wildman–Crippen MR) is 110 cm³/mol. The number of nitrogens with zero attached hydrogens (tertiary/aromatic N) is 3. The maximum atomic E-state index is 6.17. The molecule has 1 saturated heterocycles. The van der Waals surface area contributed by atoms with Crippen LogP contribution in [0.15, 0.2) is 29.3 Å². The highest BCUT2D eigenvalue weighted by molar-refractivity contribution is 6.30. The number of hydrogen-bond donors (Lipinski definition) is 2. The van der Waals surface area contributed by atoms with E-state index >= 15 is 0 Å². The number of piperazine rings is 1. The SMILES string of the molecule is CN=C(NCC(C)N1CCN(C)CC1)NCC1(c2cccc(Cl)c2)CC1. The van der Waals surface area contributed by atoms with Crippen LogP contribution in [-0.2, 0) is 5.41 Å². The first-order valence-electron chi connectivity index (χ1n) is 9.65. The Balaban J connectivity index is 1.46. The molecule has 1 unspecified atom stereocenters. The number of guanidine groups is 1. The summed E-state index contributed by atoms with van der Waals surface area (Å²) in [5.41, 5.74) is 1.55. The minimum atomic E-state index is 0.214. The molecule has 2 N–H and O–H groups in total. The Morgan fingerprint density at radius 2 is 1.96 bits per heavy atom. The second-order valence-electron chi connectivity index (χ2n) is 7.79. The van der Waals surface area contributed by atoms with Gasteiger partial charge in [-0.25, -0.2) is 0 Å². The van der Waals surface area contributed by atoms with Gasteiger partial charge in [0.25, 0.3) is 0 Å². The molecule has 0 amide bonds. The molecule has 0 aromatic heterocycles. The van der Waals surface area contributed by atoms with Crippen molar-refractivity contribution in [3.63, 3.8) is 0 Å². The van der Waals surface area contributed by atoms with Crippen LogP contribution in [0, 0.1) is 0 Å². The van der Waals surface area contributed by atoms with Gasteiger partial charge >= 0.3 is 0 Å². The van der Waals surface area contributed by atoms with E-state index in [0.717, 1.165) is 50.3 Å². The molecule has 144 valence electrons. The highest BCUT2D eigenvalue weighted by Gasteiger charge is 2.44. The molecule has 5 nitrogen and oxygen atoms in total. The van der Waals surface area contributed by atoms with Gasteiger partial charge in [-0.15, -0.1) is 0 Å².